The average molecular weight is 229 g/mol. The van der Waals surface area contributed by atoms with E-state index in [1.807, 2.05) is 6.07 Å². The second-order valence-electron chi connectivity index (χ2n) is 3.27. The number of halogens is 1. The first-order valence-electron chi connectivity index (χ1n) is 4.77. The third-order valence-electron chi connectivity index (χ3n) is 2.09. The summed E-state index contributed by atoms with van der Waals surface area (Å²) in [6, 6.07) is 7.33. The van der Waals surface area contributed by atoms with E-state index in [2.05, 4.69) is 4.98 Å². The first-order chi connectivity index (χ1) is 8.20. The summed E-state index contributed by atoms with van der Waals surface area (Å²) in [5, 5.41) is 8.60. The summed E-state index contributed by atoms with van der Waals surface area (Å²) >= 11 is 0. The highest BCUT2D eigenvalue weighted by atomic mass is 19.1. The zero-order chi connectivity index (χ0) is 12.3. The predicted molar refractivity (Wildman–Crippen MR) is 59.8 cm³/mol. The maximum atomic E-state index is 13.5. The molecule has 0 amide bonds. The van der Waals surface area contributed by atoms with Crippen LogP contribution in [-0.2, 0) is 0 Å². The van der Waals surface area contributed by atoms with Crippen molar-refractivity contribution >= 4 is 5.69 Å². The lowest BCUT2D eigenvalue weighted by molar-refractivity contribution is 0.443. The number of benzene rings is 1. The molecule has 2 N–H and O–H groups in total. The lowest BCUT2D eigenvalue weighted by atomic mass is 10.2. The van der Waals surface area contributed by atoms with Gasteiger partial charge in [0.25, 0.3) is 0 Å². The molecule has 0 aliphatic carbocycles. The maximum absolute atomic E-state index is 13.5. The topological polar surface area (TPSA) is 71.9 Å². The number of hydrogen-bond donors (Lipinski definition) is 1. The number of hydrogen-bond acceptors (Lipinski definition) is 4. The van der Waals surface area contributed by atoms with E-state index in [4.69, 9.17) is 15.7 Å². The number of anilines is 1. The Labute approximate surface area is 97.1 Å². The molecule has 0 saturated heterocycles. The van der Waals surface area contributed by atoms with Gasteiger partial charge in [0.15, 0.2) is 17.3 Å². The summed E-state index contributed by atoms with van der Waals surface area (Å²) in [7, 11) is 0. The van der Waals surface area contributed by atoms with E-state index in [9.17, 15) is 4.39 Å². The quantitative estimate of drug-likeness (QED) is 0.858. The van der Waals surface area contributed by atoms with Crippen LogP contribution in [0.25, 0.3) is 0 Å². The minimum atomic E-state index is -0.611. The Bertz CT molecular complexity index is 593. The molecule has 17 heavy (non-hydrogen) atoms. The second kappa shape index (κ2) is 4.49. The smallest absolute Gasteiger partial charge is 0.167 e. The molecule has 1 aromatic heterocycles. The lowest BCUT2D eigenvalue weighted by Crippen LogP contribution is -1.94. The van der Waals surface area contributed by atoms with Crippen LogP contribution in [0.2, 0.25) is 0 Å². The van der Waals surface area contributed by atoms with Crippen LogP contribution in [0.5, 0.6) is 11.5 Å². The number of nitriles is 1. The zero-order valence-corrected chi connectivity index (χ0v) is 8.72. The number of rotatable bonds is 2. The third kappa shape index (κ3) is 2.32. The number of ether oxygens (including phenoxy) is 1. The highest BCUT2D eigenvalue weighted by molar-refractivity contribution is 5.51. The van der Waals surface area contributed by atoms with Crippen LogP contribution in [0, 0.1) is 17.1 Å². The van der Waals surface area contributed by atoms with Gasteiger partial charge in [-0.15, -0.1) is 0 Å². The SMILES string of the molecule is N#Cc1ccc(Oc2ccncc2N)c(F)c1. The largest absolute Gasteiger partial charge is 0.452 e. The predicted octanol–water partition coefficient (Wildman–Crippen LogP) is 2.47. The fourth-order valence-corrected chi connectivity index (χ4v) is 1.26. The normalized spacial score (nSPS) is 9.65. The molecule has 0 aliphatic heterocycles. The molecule has 0 spiro atoms. The molecule has 2 aromatic rings. The lowest BCUT2D eigenvalue weighted by Gasteiger charge is -2.08. The van der Waals surface area contributed by atoms with Crippen molar-refractivity contribution in [1.82, 2.24) is 4.98 Å². The molecular weight excluding hydrogens is 221 g/mol. The van der Waals surface area contributed by atoms with Crippen molar-refractivity contribution in [2.45, 2.75) is 0 Å². The van der Waals surface area contributed by atoms with Crippen LogP contribution < -0.4 is 10.5 Å². The van der Waals surface area contributed by atoms with Gasteiger partial charge < -0.3 is 10.5 Å². The van der Waals surface area contributed by atoms with Gasteiger partial charge in [-0.1, -0.05) is 0 Å². The molecule has 0 bridgehead atoms. The van der Waals surface area contributed by atoms with Crippen LogP contribution in [-0.4, -0.2) is 4.98 Å². The number of nitrogens with two attached hydrogens (primary N) is 1. The molecule has 2 rings (SSSR count). The molecule has 0 fully saturated rings. The fraction of sp³-hybridized carbons (Fsp3) is 0. The van der Waals surface area contributed by atoms with Crippen molar-refractivity contribution in [3.05, 3.63) is 48.0 Å². The Balaban J connectivity index is 2.32. The maximum Gasteiger partial charge on any atom is 0.167 e. The monoisotopic (exact) mass is 229 g/mol. The highest BCUT2D eigenvalue weighted by Crippen LogP contribution is 2.28. The molecular formula is C12H8FN3O. The van der Waals surface area contributed by atoms with E-state index in [0.29, 0.717) is 11.4 Å². The average Bonchev–Trinajstić information content (AvgIpc) is 2.34. The Morgan fingerprint density at radius 2 is 2.12 bits per heavy atom. The van der Waals surface area contributed by atoms with Crippen molar-refractivity contribution < 1.29 is 9.13 Å². The Morgan fingerprint density at radius 1 is 1.29 bits per heavy atom. The summed E-state index contributed by atoms with van der Waals surface area (Å²) in [6.07, 6.45) is 2.91. The number of aromatic nitrogens is 1. The van der Waals surface area contributed by atoms with Gasteiger partial charge in [-0.2, -0.15) is 5.26 Å². The van der Waals surface area contributed by atoms with Gasteiger partial charge in [-0.25, -0.2) is 4.39 Å². The number of nitrogen functional groups attached to an aromatic ring is 1. The number of nitrogens with zero attached hydrogens (tertiary/aromatic N) is 2. The molecule has 4 nitrogen and oxygen atoms in total. The molecule has 1 heterocycles. The van der Waals surface area contributed by atoms with Crippen LogP contribution in [0.1, 0.15) is 5.56 Å². The van der Waals surface area contributed by atoms with Crippen molar-refractivity contribution in [3.8, 4) is 17.6 Å². The van der Waals surface area contributed by atoms with Gasteiger partial charge >= 0.3 is 0 Å². The van der Waals surface area contributed by atoms with Gasteiger partial charge in [-0.05, 0) is 18.2 Å². The van der Waals surface area contributed by atoms with Crippen molar-refractivity contribution in [2.75, 3.05) is 5.73 Å². The summed E-state index contributed by atoms with van der Waals surface area (Å²) in [6.45, 7) is 0. The summed E-state index contributed by atoms with van der Waals surface area (Å²) in [5.74, 6) is -0.272. The Morgan fingerprint density at radius 3 is 2.76 bits per heavy atom. The van der Waals surface area contributed by atoms with Gasteiger partial charge in [0.2, 0.25) is 0 Å². The molecule has 84 valence electrons. The third-order valence-corrected chi connectivity index (χ3v) is 2.09. The molecule has 0 radical (unpaired) electrons. The van der Waals surface area contributed by atoms with Crippen molar-refractivity contribution in [1.29, 1.82) is 5.26 Å². The molecule has 1 aromatic carbocycles. The van der Waals surface area contributed by atoms with E-state index >= 15 is 0 Å². The van der Waals surface area contributed by atoms with E-state index in [1.54, 1.807) is 0 Å². The van der Waals surface area contributed by atoms with E-state index in [-0.39, 0.29) is 11.3 Å². The second-order valence-corrected chi connectivity index (χ2v) is 3.27. The van der Waals surface area contributed by atoms with Crippen LogP contribution in [0.15, 0.2) is 36.7 Å². The van der Waals surface area contributed by atoms with Crippen LogP contribution >= 0.6 is 0 Å². The minimum absolute atomic E-state index is 0.0156. The van der Waals surface area contributed by atoms with E-state index in [0.717, 1.165) is 6.07 Å². The minimum Gasteiger partial charge on any atom is -0.452 e. The van der Waals surface area contributed by atoms with Gasteiger partial charge in [0.1, 0.15) is 0 Å². The van der Waals surface area contributed by atoms with E-state index in [1.165, 1.54) is 30.6 Å². The fourth-order valence-electron chi connectivity index (χ4n) is 1.26. The number of pyridine rings is 1. The molecule has 0 unspecified atom stereocenters. The van der Waals surface area contributed by atoms with Gasteiger partial charge in [0.05, 0.1) is 23.5 Å². The molecule has 0 aliphatic rings. The standard InChI is InChI=1S/C12H8FN3O/c13-9-5-8(6-14)1-2-11(9)17-12-3-4-16-7-10(12)15/h1-5,7H,15H2. The van der Waals surface area contributed by atoms with Crippen LogP contribution in [0.4, 0.5) is 10.1 Å². The van der Waals surface area contributed by atoms with Gasteiger partial charge in [0, 0.05) is 12.3 Å². The van der Waals surface area contributed by atoms with E-state index < -0.39 is 5.82 Å². The van der Waals surface area contributed by atoms with Crippen molar-refractivity contribution in [2.24, 2.45) is 0 Å². The summed E-state index contributed by atoms with van der Waals surface area (Å²) < 4.78 is 18.8. The first-order valence-corrected chi connectivity index (χ1v) is 4.77. The van der Waals surface area contributed by atoms with Crippen LogP contribution in [0.3, 0.4) is 0 Å². The first kappa shape index (κ1) is 10.9. The molecule has 0 atom stereocenters. The van der Waals surface area contributed by atoms with Crippen molar-refractivity contribution in [3.63, 3.8) is 0 Å². The zero-order valence-electron chi connectivity index (χ0n) is 8.72. The molecule has 5 heteroatoms. The van der Waals surface area contributed by atoms with Gasteiger partial charge in [-0.3, -0.25) is 4.98 Å². The Kier molecular flexibility index (Phi) is 2.88. The summed E-state index contributed by atoms with van der Waals surface area (Å²) in [5.41, 5.74) is 6.16. The highest BCUT2D eigenvalue weighted by Gasteiger charge is 2.07. The Hall–Kier alpha value is -2.61. The molecule has 0 saturated carbocycles. The summed E-state index contributed by atoms with van der Waals surface area (Å²) in [4.78, 5) is 3.79.